The van der Waals surface area contributed by atoms with Crippen molar-refractivity contribution < 1.29 is 9.18 Å². The summed E-state index contributed by atoms with van der Waals surface area (Å²) in [6.07, 6.45) is 0.784. The van der Waals surface area contributed by atoms with Gasteiger partial charge < -0.3 is 11.1 Å². The summed E-state index contributed by atoms with van der Waals surface area (Å²) in [6.45, 7) is 2.46. The van der Waals surface area contributed by atoms with Gasteiger partial charge in [0.1, 0.15) is 22.7 Å². The minimum Gasteiger partial charge on any atom is -0.384 e. The van der Waals surface area contributed by atoms with Gasteiger partial charge in [-0.3, -0.25) is 9.36 Å². The number of anilines is 1. The standard InChI is InChI=1S/C20H18FN5O/c1-2-11-23-20(27)16-17-19(25-14-9-5-4-8-13(14)24-17)26(18(16)22)15-10-6-3-7-12(15)21/h3-10H,2,11,22H2,1H3,(H,23,27). The van der Waals surface area contributed by atoms with Crippen molar-refractivity contribution in [3.05, 3.63) is 59.9 Å². The van der Waals surface area contributed by atoms with E-state index in [-0.39, 0.29) is 23.0 Å². The molecule has 0 saturated heterocycles. The number of hydrogen-bond acceptors (Lipinski definition) is 4. The molecule has 0 bridgehead atoms. The SMILES string of the molecule is CCCNC(=O)c1c(N)n(-c2ccccc2F)c2nc3ccccc3nc12. The van der Waals surface area contributed by atoms with Gasteiger partial charge >= 0.3 is 0 Å². The van der Waals surface area contributed by atoms with Gasteiger partial charge in [0.2, 0.25) is 0 Å². The van der Waals surface area contributed by atoms with Gasteiger partial charge in [0, 0.05) is 6.54 Å². The van der Waals surface area contributed by atoms with Gasteiger partial charge in [-0.1, -0.05) is 31.2 Å². The van der Waals surface area contributed by atoms with Gasteiger partial charge in [0.05, 0.1) is 16.7 Å². The second kappa shape index (κ2) is 6.68. The number of para-hydroxylation sites is 3. The van der Waals surface area contributed by atoms with Crippen molar-refractivity contribution in [3.8, 4) is 5.69 Å². The van der Waals surface area contributed by atoms with E-state index in [1.807, 2.05) is 31.2 Å². The van der Waals surface area contributed by atoms with E-state index < -0.39 is 5.82 Å². The van der Waals surface area contributed by atoms with E-state index in [4.69, 9.17) is 5.73 Å². The number of carbonyl (C=O) groups is 1. The fourth-order valence-electron chi connectivity index (χ4n) is 3.09. The molecule has 27 heavy (non-hydrogen) atoms. The zero-order chi connectivity index (χ0) is 19.0. The molecule has 0 spiro atoms. The second-order valence-electron chi connectivity index (χ2n) is 6.19. The van der Waals surface area contributed by atoms with Crippen molar-refractivity contribution in [2.45, 2.75) is 13.3 Å². The first kappa shape index (κ1) is 17.0. The first-order valence-corrected chi connectivity index (χ1v) is 8.71. The van der Waals surface area contributed by atoms with Gasteiger partial charge in [0.25, 0.3) is 5.91 Å². The maximum atomic E-state index is 14.5. The van der Waals surface area contributed by atoms with Crippen molar-refractivity contribution >= 4 is 33.9 Å². The quantitative estimate of drug-likeness (QED) is 0.582. The lowest BCUT2D eigenvalue weighted by atomic mass is 10.2. The van der Waals surface area contributed by atoms with Crippen molar-refractivity contribution in [1.82, 2.24) is 19.9 Å². The van der Waals surface area contributed by atoms with Gasteiger partial charge in [0.15, 0.2) is 5.65 Å². The molecular weight excluding hydrogens is 345 g/mol. The summed E-state index contributed by atoms with van der Waals surface area (Å²) in [6, 6.07) is 13.5. The number of benzene rings is 2. The summed E-state index contributed by atoms with van der Waals surface area (Å²) in [5.74, 6) is -0.699. The minimum absolute atomic E-state index is 0.110. The fourth-order valence-corrected chi connectivity index (χ4v) is 3.09. The van der Waals surface area contributed by atoms with Crippen molar-refractivity contribution in [2.75, 3.05) is 12.3 Å². The molecule has 0 radical (unpaired) electrons. The van der Waals surface area contributed by atoms with Crippen LogP contribution in [0.5, 0.6) is 0 Å². The summed E-state index contributed by atoms with van der Waals surface area (Å²) in [7, 11) is 0. The number of aromatic nitrogens is 3. The molecule has 1 amide bonds. The Kier molecular flexibility index (Phi) is 4.19. The highest BCUT2D eigenvalue weighted by Crippen LogP contribution is 2.31. The van der Waals surface area contributed by atoms with E-state index in [2.05, 4.69) is 15.3 Å². The van der Waals surface area contributed by atoms with Crippen LogP contribution in [0.2, 0.25) is 0 Å². The van der Waals surface area contributed by atoms with E-state index in [0.29, 0.717) is 28.7 Å². The van der Waals surface area contributed by atoms with Crippen LogP contribution < -0.4 is 11.1 Å². The Balaban J connectivity index is 2.07. The number of hydrogen-bond donors (Lipinski definition) is 2. The molecule has 136 valence electrons. The lowest BCUT2D eigenvalue weighted by molar-refractivity contribution is 0.0956. The maximum Gasteiger partial charge on any atom is 0.257 e. The highest BCUT2D eigenvalue weighted by Gasteiger charge is 2.25. The van der Waals surface area contributed by atoms with Crippen LogP contribution in [0.3, 0.4) is 0 Å². The topological polar surface area (TPSA) is 85.8 Å². The van der Waals surface area contributed by atoms with Gasteiger partial charge in [-0.25, -0.2) is 14.4 Å². The first-order chi connectivity index (χ1) is 13.1. The zero-order valence-electron chi connectivity index (χ0n) is 14.7. The molecule has 7 heteroatoms. The number of nitrogens with two attached hydrogens (primary N) is 1. The molecule has 4 aromatic rings. The highest BCUT2D eigenvalue weighted by molar-refractivity contribution is 6.11. The normalized spacial score (nSPS) is 11.2. The molecule has 0 aliphatic carbocycles. The number of nitrogens with one attached hydrogen (secondary N) is 1. The molecule has 2 aromatic carbocycles. The molecule has 4 rings (SSSR count). The van der Waals surface area contributed by atoms with Crippen LogP contribution in [-0.4, -0.2) is 27.0 Å². The largest absolute Gasteiger partial charge is 0.384 e. The average Bonchev–Trinajstić information content (AvgIpc) is 2.95. The molecule has 0 fully saturated rings. The molecule has 0 atom stereocenters. The fraction of sp³-hybridized carbons (Fsp3) is 0.150. The minimum atomic E-state index is -0.462. The van der Waals surface area contributed by atoms with E-state index in [9.17, 15) is 9.18 Å². The van der Waals surface area contributed by atoms with Crippen LogP contribution in [0, 0.1) is 5.82 Å². The maximum absolute atomic E-state index is 14.5. The molecule has 0 aliphatic heterocycles. The number of amides is 1. The third kappa shape index (κ3) is 2.77. The van der Waals surface area contributed by atoms with Crippen LogP contribution in [0.25, 0.3) is 27.9 Å². The van der Waals surface area contributed by atoms with Crippen LogP contribution in [-0.2, 0) is 0 Å². The van der Waals surface area contributed by atoms with Gasteiger partial charge in [-0.15, -0.1) is 0 Å². The first-order valence-electron chi connectivity index (χ1n) is 8.71. The summed E-state index contributed by atoms with van der Waals surface area (Å²) >= 11 is 0. The Morgan fingerprint density at radius 3 is 2.48 bits per heavy atom. The summed E-state index contributed by atoms with van der Waals surface area (Å²) < 4.78 is 15.9. The molecule has 2 aromatic heterocycles. The number of fused-ring (bicyclic) bond motifs is 2. The van der Waals surface area contributed by atoms with E-state index in [1.165, 1.54) is 10.6 Å². The number of nitrogen functional groups attached to an aromatic ring is 1. The predicted octanol–water partition coefficient (Wildman–Crippen LogP) is 3.43. The van der Waals surface area contributed by atoms with Crippen LogP contribution in [0.1, 0.15) is 23.7 Å². The van der Waals surface area contributed by atoms with Crippen LogP contribution in [0.4, 0.5) is 10.2 Å². The monoisotopic (exact) mass is 363 g/mol. The third-order valence-corrected chi connectivity index (χ3v) is 4.35. The predicted molar refractivity (Wildman–Crippen MR) is 103 cm³/mol. The van der Waals surface area contributed by atoms with Gasteiger partial charge in [-0.2, -0.15) is 0 Å². The smallest absolute Gasteiger partial charge is 0.257 e. The Hall–Kier alpha value is -3.48. The molecule has 3 N–H and O–H groups in total. The Labute approximate surface area is 154 Å². The average molecular weight is 363 g/mol. The molecule has 0 aliphatic rings. The summed E-state index contributed by atoms with van der Waals surface area (Å²) in [4.78, 5) is 21.9. The lowest BCUT2D eigenvalue weighted by Crippen LogP contribution is -2.25. The summed E-state index contributed by atoms with van der Waals surface area (Å²) in [5, 5.41) is 2.82. The molecular formula is C20H18FN5O. The number of carbonyl (C=O) groups excluding carboxylic acids is 1. The van der Waals surface area contributed by atoms with Crippen molar-refractivity contribution in [2.24, 2.45) is 0 Å². The van der Waals surface area contributed by atoms with Crippen LogP contribution >= 0.6 is 0 Å². The summed E-state index contributed by atoms with van der Waals surface area (Å²) in [5.41, 5.74) is 8.71. The Morgan fingerprint density at radius 1 is 1.11 bits per heavy atom. The highest BCUT2D eigenvalue weighted by atomic mass is 19.1. The molecule has 0 saturated carbocycles. The number of rotatable bonds is 4. The third-order valence-electron chi connectivity index (χ3n) is 4.35. The second-order valence-corrected chi connectivity index (χ2v) is 6.19. The van der Waals surface area contributed by atoms with Crippen molar-refractivity contribution in [1.29, 1.82) is 0 Å². The molecule has 0 unspecified atom stereocenters. The number of halogens is 1. The van der Waals surface area contributed by atoms with E-state index >= 15 is 0 Å². The number of nitrogens with zero attached hydrogens (tertiary/aromatic N) is 3. The van der Waals surface area contributed by atoms with Crippen LogP contribution in [0.15, 0.2) is 48.5 Å². The van der Waals surface area contributed by atoms with Crippen molar-refractivity contribution in [3.63, 3.8) is 0 Å². The lowest BCUT2D eigenvalue weighted by Gasteiger charge is -2.09. The zero-order valence-corrected chi connectivity index (χ0v) is 14.7. The van der Waals surface area contributed by atoms with E-state index in [1.54, 1.807) is 18.2 Å². The molecule has 2 heterocycles. The van der Waals surface area contributed by atoms with E-state index in [0.717, 1.165) is 6.42 Å². The van der Waals surface area contributed by atoms with Gasteiger partial charge in [-0.05, 0) is 30.7 Å². The Bertz CT molecular complexity index is 1170. The molecule has 6 nitrogen and oxygen atoms in total. The Morgan fingerprint density at radius 2 is 1.78 bits per heavy atom.